The molecule has 3 aromatic rings. The van der Waals surface area contributed by atoms with Crippen molar-refractivity contribution in [2.75, 3.05) is 0 Å². The predicted molar refractivity (Wildman–Crippen MR) is 106 cm³/mol. The summed E-state index contributed by atoms with van der Waals surface area (Å²) in [6.45, 7) is 10.4. The van der Waals surface area contributed by atoms with E-state index in [9.17, 15) is 9.59 Å². The van der Waals surface area contributed by atoms with Crippen LogP contribution >= 0.6 is 0 Å². The van der Waals surface area contributed by atoms with Gasteiger partial charge < -0.3 is 9.73 Å². The average Bonchev–Trinajstić information content (AvgIpc) is 2.93. The Kier molecular flexibility index (Phi) is 3.77. The van der Waals surface area contributed by atoms with Crippen molar-refractivity contribution in [1.82, 2.24) is 5.32 Å². The Labute approximate surface area is 158 Å². The molecule has 4 rings (SSSR count). The van der Waals surface area contributed by atoms with Gasteiger partial charge in [0.25, 0.3) is 5.91 Å². The lowest BCUT2D eigenvalue weighted by Gasteiger charge is -2.20. The van der Waals surface area contributed by atoms with Crippen LogP contribution in [0.3, 0.4) is 0 Å². The highest BCUT2D eigenvalue weighted by atomic mass is 16.3. The molecule has 0 bridgehead atoms. The fourth-order valence-corrected chi connectivity index (χ4v) is 3.59. The molecule has 1 amide bonds. The van der Waals surface area contributed by atoms with E-state index in [1.54, 1.807) is 0 Å². The molecule has 1 N–H and O–H groups in total. The third-order valence-electron chi connectivity index (χ3n) is 5.42. The van der Waals surface area contributed by atoms with Crippen molar-refractivity contribution in [3.8, 4) is 0 Å². The van der Waals surface area contributed by atoms with Gasteiger partial charge in [-0.1, -0.05) is 45.0 Å². The van der Waals surface area contributed by atoms with Crippen LogP contribution in [0.1, 0.15) is 65.2 Å². The van der Waals surface area contributed by atoms with Crippen molar-refractivity contribution >= 4 is 16.9 Å². The Bertz CT molecular complexity index is 1130. The maximum absolute atomic E-state index is 13.2. The maximum atomic E-state index is 13.2. The summed E-state index contributed by atoms with van der Waals surface area (Å²) in [5.74, 6) is -0.215. The van der Waals surface area contributed by atoms with Gasteiger partial charge in [-0.05, 0) is 53.6 Å². The highest BCUT2D eigenvalue weighted by molar-refractivity contribution is 5.99. The Morgan fingerprint density at radius 2 is 1.59 bits per heavy atom. The number of carbonyl (C=O) groups is 1. The Morgan fingerprint density at radius 3 is 2.22 bits per heavy atom. The third-order valence-corrected chi connectivity index (χ3v) is 5.42. The highest BCUT2D eigenvalue weighted by Gasteiger charge is 2.36. The monoisotopic (exact) mass is 361 g/mol. The van der Waals surface area contributed by atoms with Crippen LogP contribution in [0, 0.1) is 13.8 Å². The molecule has 1 aliphatic rings. The molecule has 0 spiro atoms. The molecular weight excluding hydrogens is 338 g/mol. The Balaban J connectivity index is 1.89. The van der Waals surface area contributed by atoms with Crippen LogP contribution < -0.4 is 10.7 Å². The van der Waals surface area contributed by atoms with Gasteiger partial charge in [0.2, 0.25) is 5.76 Å². The molecule has 1 aliphatic heterocycles. The molecule has 2 heterocycles. The van der Waals surface area contributed by atoms with Crippen LogP contribution in [0.5, 0.6) is 0 Å². The lowest BCUT2D eigenvalue weighted by atomic mass is 9.86. The largest absolute Gasteiger partial charge is 0.450 e. The first kappa shape index (κ1) is 17.5. The number of hydrogen-bond acceptors (Lipinski definition) is 3. The fraction of sp³-hybridized carbons (Fsp3) is 0.304. The van der Waals surface area contributed by atoms with Crippen LogP contribution in [0.25, 0.3) is 11.0 Å². The Hall–Kier alpha value is -2.88. The summed E-state index contributed by atoms with van der Waals surface area (Å²) >= 11 is 0. The van der Waals surface area contributed by atoms with Gasteiger partial charge in [0.05, 0.1) is 17.0 Å². The van der Waals surface area contributed by atoms with E-state index < -0.39 is 6.04 Å². The molecular formula is C23H23NO3. The number of nitrogens with one attached hydrogen (secondary N) is 1. The predicted octanol–water partition coefficient (Wildman–Crippen LogP) is 4.54. The number of fused-ring (bicyclic) bond motifs is 2. The molecule has 0 saturated heterocycles. The molecule has 1 atom stereocenters. The normalized spacial score (nSPS) is 16.5. The molecule has 4 heteroatoms. The minimum absolute atomic E-state index is 0.0416. The van der Waals surface area contributed by atoms with Crippen LogP contribution in [0.2, 0.25) is 0 Å². The van der Waals surface area contributed by atoms with Crippen molar-refractivity contribution in [2.24, 2.45) is 0 Å². The zero-order valence-corrected chi connectivity index (χ0v) is 16.3. The van der Waals surface area contributed by atoms with Gasteiger partial charge in [0.15, 0.2) is 5.43 Å². The maximum Gasteiger partial charge on any atom is 0.288 e. The summed E-state index contributed by atoms with van der Waals surface area (Å²) in [5.41, 5.74) is 4.90. The summed E-state index contributed by atoms with van der Waals surface area (Å²) in [6.07, 6.45) is 0. The van der Waals surface area contributed by atoms with Gasteiger partial charge in [-0.15, -0.1) is 0 Å². The van der Waals surface area contributed by atoms with Crippen LogP contribution in [0.4, 0.5) is 0 Å². The number of benzene rings is 2. The molecule has 0 saturated carbocycles. The number of aryl methyl sites for hydroxylation is 2. The summed E-state index contributed by atoms with van der Waals surface area (Å²) < 4.78 is 5.85. The van der Waals surface area contributed by atoms with E-state index in [2.05, 4.69) is 38.2 Å². The second-order valence-corrected chi connectivity index (χ2v) is 8.39. The molecule has 0 aliphatic carbocycles. The summed E-state index contributed by atoms with van der Waals surface area (Å²) in [5, 5.41) is 3.42. The van der Waals surface area contributed by atoms with Gasteiger partial charge in [0.1, 0.15) is 5.58 Å². The van der Waals surface area contributed by atoms with Crippen molar-refractivity contribution in [2.45, 2.75) is 46.1 Å². The molecule has 0 radical (unpaired) electrons. The lowest BCUT2D eigenvalue weighted by molar-refractivity contribution is 0.0938. The van der Waals surface area contributed by atoms with Gasteiger partial charge in [0, 0.05) is 0 Å². The quantitative estimate of drug-likeness (QED) is 0.692. The number of hydrogen-bond donors (Lipinski definition) is 1. The van der Waals surface area contributed by atoms with Gasteiger partial charge in [-0.2, -0.15) is 0 Å². The molecule has 138 valence electrons. The number of carbonyl (C=O) groups excluding carboxylic acids is 1. The van der Waals surface area contributed by atoms with E-state index >= 15 is 0 Å². The lowest BCUT2D eigenvalue weighted by Crippen LogP contribution is -2.22. The van der Waals surface area contributed by atoms with Crippen molar-refractivity contribution < 1.29 is 9.21 Å². The Morgan fingerprint density at radius 1 is 0.963 bits per heavy atom. The molecule has 27 heavy (non-hydrogen) atoms. The van der Waals surface area contributed by atoms with Crippen molar-refractivity contribution in [3.05, 3.63) is 80.2 Å². The number of amides is 1. The smallest absolute Gasteiger partial charge is 0.288 e. The van der Waals surface area contributed by atoms with E-state index in [0.29, 0.717) is 16.5 Å². The number of rotatable bonds is 1. The van der Waals surface area contributed by atoms with E-state index in [4.69, 9.17) is 4.42 Å². The van der Waals surface area contributed by atoms with Crippen LogP contribution in [-0.2, 0) is 5.41 Å². The first-order valence-corrected chi connectivity index (χ1v) is 9.16. The minimum atomic E-state index is -0.483. The first-order chi connectivity index (χ1) is 12.7. The van der Waals surface area contributed by atoms with E-state index in [-0.39, 0.29) is 22.5 Å². The van der Waals surface area contributed by atoms with Gasteiger partial charge >= 0.3 is 0 Å². The average molecular weight is 361 g/mol. The zero-order chi connectivity index (χ0) is 19.5. The van der Waals surface area contributed by atoms with E-state index in [1.807, 2.05) is 38.1 Å². The molecule has 4 nitrogen and oxygen atoms in total. The van der Waals surface area contributed by atoms with Crippen LogP contribution in [-0.4, -0.2) is 5.91 Å². The molecule has 1 unspecified atom stereocenters. The second-order valence-electron chi connectivity index (χ2n) is 8.39. The van der Waals surface area contributed by atoms with E-state index in [1.165, 1.54) is 5.56 Å². The molecule has 1 aromatic heterocycles. The zero-order valence-electron chi connectivity index (χ0n) is 16.3. The third kappa shape index (κ3) is 2.76. The summed E-state index contributed by atoms with van der Waals surface area (Å²) in [6, 6.07) is 11.2. The highest BCUT2D eigenvalue weighted by Crippen LogP contribution is 2.32. The fourth-order valence-electron chi connectivity index (χ4n) is 3.59. The van der Waals surface area contributed by atoms with E-state index in [0.717, 1.165) is 16.7 Å². The SMILES string of the molecule is Cc1cc2oc3c(c(=O)c2cc1C)C(c1ccc(C(C)(C)C)cc1)NC3=O. The standard InChI is InChI=1S/C23H23NO3/c1-12-10-16-17(11-13(12)2)27-21-18(20(16)25)19(24-22(21)26)14-6-8-15(9-7-14)23(3,4)5/h6-11,19H,1-5H3,(H,24,26). The topological polar surface area (TPSA) is 59.3 Å². The first-order valence-electron chi connectivity index (χ1n) is 9.16. The second kappa shape index (κ2) is 5.81. The molecule has 0 fully saturated rings. The summed E-state index contributed by atoms with van der Waals surface area (Å²) in [7, 11) is 0. The molecule has 2 aromatic carbocycles. The minimum Gasteiger partial charge on any atom is -0.450 e. The van der Waals surface area contributed by atoms with Crippen molar-refractivity contribution in [3.63, 3.8) is 0 Å². The van der Waals surface area contributed by atoms with Gasteiger partial charge in [-0.25, -0.2) is 0 Å². The summed E-state index contributed by atoms with van der Waals surface area (Å²) in [4.78, 5) is 25.7. The van der Waals surface area contributed by atoms with Crippen molar-refractivity contribution in [1.29, 1.82) is 0 Å². The van der Waals surface area contributed by atoms with Crippen LogP contribution in [0.15, 0.2) is 45.6 Å². The van der Waals surface area contributed by atoms with Gasteiger partial charge in [-0.3, -0.25) is 9.59 Å².